The molecule has 0 saturated carbocycles. The second-order valence-corrected chi connectivity index (χ2v) is 6.71. The summed E-state index contributed by atoms with van der Waals surface area (Å²) < 4.78 is 4.88. The fourth-order valence-electron chi connectivity index (χ4n) is 4.39. The van der Waals surface area contributed by atoms with E-state index in [9.17, 15) is 19.5 Å². The molecule has 5 N–H and O–H groups in total. The van der Waals surface area contributed by atoms with Gasteiger partial charge in [-0.05, 0) is 14.0 Å². The summed E-state index contributed by atoms with van der Waals surface area (Å²) in [6.45, 7) is 1.63. The van der Waals surface area contributed by atoms with Crippen LogP contribution in [0.4, 0.5) is 4.79 Å². The van der Waals surface area contributed by atoms with Crippen LogP contribution in [0, 0.1) is 5.92 Å². The van der Waals surface area contributed by atoms with E-state index in [0.29, 0.717) is 6.54 Å². The molecule has 0 bridgehead atoms. The van der Waals surface area contributed by atoms with E-state index < -0.39 is 23.5 Å². The molecule has 3 heterocycles. The van der Waals surface area contributed by atoms with Gasteiger partial charge in [0.1, 0.15) is 6.61 Å². The smallest absolute Gasteiger partial charge is 0.404 e. The van der Waals surface area contributed by atoms with Crippen LogP contribution in [0.2, 0.25) is 0 Å². The van der Waals surface area contributed by atoms with Crippen LogP contribution in [-0.2, 0) is 14.3 Å². The van der Waals surface area contributed by atoms with Gasteiger partial charge in [-0.1, -0.05) is 0 Å². The zero-order chi connectivity index (χ0) is 17.5. The zero-order valence-electron chi connectivity index (χ0n) is 13.3. The van der Waals surface area contributed by atoms with Gasteiger partial charge < -0.3 is 26.2 Å². The predicted octanol–water partition coefficient (Wildman–Crippen LogP) is -1.96. The molecular formula is C15H18N4O5. The molecular weight excluding hydrogens is 316 g/mol. The summed E-state index contributed by atoms with van der Waals surface area (Å²) in [5.74, 6) is -1.74. The van der Waals surface area contributed by atoms with Crippen LogP contribution in [0.15, 0.2) is 22.5 Å². The SMILES string of the molecule is CC1=C(N)C(=O)C2=C(C1=O)N1C[C@H]3[C@H](N3C)[C@]1(O)[C@H]2COC(N)=O. The number of piperazine rings is 1. The number of hydrogen-bond donors (Lipinski definition) is 3. The number of nitrogens with two attached hydrogens (primary N) is 2. The van der Waals surface area contributed by atoms with Crippen molar-refractivity contribution >= 4 is 17.7 Å². The highest BCUT2D eigenvalue weighted by molar-refractivity contribution is 6.25. The number of nitrogens with zero attached hydrogens (tertiary/aromatic N) is 2. The van der Waals surface area contributed by atoms with Gasteiger partial charge in [0.05, 0.1) is 23.4 Å². The number of amides is 1. The summed E-state index contributed by atoms with van der Waals surface area (Å²) in [4.78, 5) is 39.9. The topological polar surface area (TPSA) is 139 Å². The van der Waals surface area contributed by atoms with Crippen molar-refractivity contribution in [3.8, 4) is 0 Å². The first kappa shape index (κ1) is 15.2. The summed E-state index contributed by atoms with van der Waals surface area (Å²) in [7, 11) is 1.86. The average molecular weight is 334 g/mol. The predicted molar refractivity (Wildman–Crippen MR) is 79.9 cm³/mol. The minimum Gasteiger partial charge on any atom is -0.449 e. The highest BCUT2D eigenvalue weighted by atomic mass is 16.5. The number of fused-ring (bicyclic) bond motifs is 4. The quantitative estimate of drug-likeness (QED) is 0.391. The van der Waals surface area contributed by atoms with E-state index in [4.69, 9.17) is 16.2 Å². The number of carbonyl (C=O) groups is 3. The highest BCUT2D eigenvalue weighted by Crippen LogP contribution is 2.57. The molecule has 3 aliphatic heterocycles. The zero-order valence-corrected chi connectivity index (χ0v) is 13.3. The van der Waals surface area contributed by atoms with Crippen molar-refractivity contribution in [2.24, 2.45) is 17.4 Å². The summed E-state index contributed by atoms with van der Waals surface area (Å²) in [6.07, 6.45) is -1.01. The molecule has 2 fully saturated rings. The minimum absolute atomic E-state index is 0.0894. The second kappa shape index (κ2) is 4.37. The Kier molecular flexibility index (Phi) is 2.76. The molecule has 0 aromatic carbocycles. The standard InChI is InChI=1S/C15H18N4O5/c1-5-9(16)12(21)8-6(4-24-14(17)22)15(23)13-7(18(13)2)3-19(15)10(8)11(5)20/h6-7,13,23H,3-4,16H2,1-2H3,(H2,17,22)/t6-,7-,13-,15+,18?/m0/s1. The highest BCUT2D eigenvalue weighted by Gasteiger charge is 2.74. The van der Waals surface area contributed by atoms with E-state index in [1.54, 1.807) is 4.90 Å². The number of ether oxygens (including phenoxy) is 1. The van der Waals surface area contributed by atoms with Crippen molar-refractivity contribution in [2.75, 3.05) is 20.2 Å². The van der Waals surface area contributed by atoms with Crippen LogP contribution >= 0.6 is 0 Å². The molecule has 0 aromatic heterocycles. The maximum Gasteiger partial charge on any atom is 0.404 e. The van der Waals surface area contributed by atoms with Crippen molar-refractivity contribution in [3.63, 3.8) is 0 Å². The van der Waals surface area contributed by atoms with Gasteiger partial charge in [0.15, 0.2) is 5.72 Å². The number of allylic oxidation sites excluding steroid dienone is 2. The van der Waals surface area contributed by atoms with Crippen LogP contribution in [0.25, 0.3) is 0 Å². The Morgan fingerprint density at radius 1 is 1.42 bits per heavy atom. The lowest BCUT2D eigenvalue weighted by atomic mass is 9.83. The number of hydrogen-bond acceptors (Lipinski definition) is 8. The first-order valence-electron chi connectivity index (χ1n) is 7.65. The maximum atomic E-state index is 12.7. The van der Waals surface area contributed by atoms with Crippen LogP contribution < -0.4 is 11.5 Å². The van der Waals surface area contributed by atoms with Gasteiger partial charge in [-0.15, -0.1) is 0 Å². The van der Waals surface area contributed by atoms with Gasteiger partial charge in [0.2, 0.25) is 11.6 Å². The molecule has 0 radical (unpaired) electrons. The second-order valence-electron chi connectivity index (χ2n) is 6.71. The molecule has 2 saturated heterocycles. The molecule has 4 aliphatic rings. The van der Waals surface area contributed by atoms with Gasteiger partial charge in [-0.3, -0.25) is 14.5 Å². The Bertz CT molecular complexity index is 772. The summed E-state index contributed by atoms with van der Waals surface area (Å²) in [6, 6.07) is -0.154. The lowest BCUT2D eigenvalue weighted by Crippen LogP contribution is -2.53. The Balaban J connectivity index is 1.82. The third kappa shape index (κ3) is 1.53. The van der Waals surface area contributed by atoms with Gasteiger partial charge in [0, 0.05) is 23.7 Å². The number of likely N-dealkylation sites (N-methyl/N-ethyl adjacent to an activating group) is 1. The Morgan fingerprint density at radius 3 is 2.71 bits per heavy atom. The molecule has 24 heavy (non-hydrogen) atoms. The molecule has 5 atom stereocenters. The Morgan fingerprint density at radius 2 is 2.08 bits per heavy atom. The van der Waals surface area contributed by atoms with E-state index in [1.165, 1.54) is 6.92 Å². The first-order chi connectivity index (χ1) is 11.2. The van der Waals surface area contributed by atoms with Crippen LogP contribution in [-0.4, -0.2) is 70.6 Å². The van der Waals surface area contributed by atoms with Crippen molar-refractivity contribution in [1.29, 1.82) is 0 Å². The number of primary amides is 1. The Labute approximate surface area is 137 Å². The largest absolute Gasteiger partial charge is 0.449 e. The van der Waals surface area contributed by atoms with Gasteiger partial charge in [-0.2, -0.15) is 0 Å². The van der Waals surface area contributed by atoms with Crippen molar-refractivity contribution in [3.05, 3.63) is 22.5 Å². The van der Waals surface area contributed by atoms with Crippen molar-refractivity contribution in [1.82, 2.24) is 9.80 Å². The van der Waals surface area contributed by atoms with E-state index in [2.05, 4.69) is 0 Å². The number of aliphatic hydroxyl groups is 1. The van der Waals surface area contributed by atoms with E-state index in [0.717, 1.165) is 0 Å². The van der Waals surface area contributed by atoms with E-state index in [1.807, 2.05) is 11.9 Å². The molecule has 1 unspecified atom stereocenters. The molecule has 128 valence electrons. The third-order valence-electron chi connectivity index (χ3n) is 5.70. The lowest BCUT2D eigenvalue weighted by molar-refractivity contribution is -0.126. The monoisotopic (exact) mass is 334 g/mol. The third-order valence-corrected chi connectivity index (χ3v) is 5.70. The summed E-state index contributed by atoms with van der Waals surface area (Å²) in [5.41, 5.74) is 9.66. The van der Waals surface area contributed by atoms with Gasteiger partial charge >= 0.3 is 6.09 Å². The maximum absolute atomic E-state index is 12.7. The van der Waals surface area contributed by atoms with E-state index in [-0.39, 0.29) is 47.0 Å². The van der Waals surface area contributed by atoms with Crippen LogP contribution in [0.5, 0.6) is 0 Å². The number of ketones is 2. The van der Waals surface area contributed by atoms with Gasteiger partial charge in [0.25, 0.3) is 0 Å². The Hall–Kier alpha value is -2.39. The van der Waals surface area contributed by atoms with Crippen LogP contribution in [0.1, 0.15) is 6.92 Å². The molecule has 0 aromatic rings. The molecule has 1 aliphatic carbocycles. The van der Waals surface area contributed by atoms with Crippen molar-refractivity contribution in [2.45, 2.75) is 24.7 Å². The number of Topliss-reactive ketones (excluding diaryl/α,β-unsaturated/α-hetero) is 2. The number of carbonyl (C=O) groups excluding carboxylic acids is 3. The minimum atomic E-state index is -1.49. The molecule has 9 nitrogen and oxygen atoms in total. The van der Waals surface area contributed by atoms with Crippen molar-refractivity contribution < 1.29 is 24.2 Å². The lowest BCUT2D eigenvalue weighted by Gasteiger charge is -2.37. The van der Waals surface area contributed by atoms with Gasteiger partial charge in [-0.25, -0.2) is 4.79 Å². The summed E-state index contributed by atoms with van der Waals surface area (Å²) >= 11 is 0. The fourth-order valence-corrected chi connectivity index (χ4v) is 4.39. The van der Waals surface area contributed by atoms with E-state index >= 15 is 0 Å². The molecule has 1 amide bonds. The molecule has 4 rings (SSSR count). The summed E-state index contributed by atoms with van der Waals surface area (Å²) in [5, 5.41) is 11.4. The average Bonchev–Trinajstić information content (AvgIpc) is 2.93. The normalized spacial score (nSPS) is 39.9. The fraction of sp³-hybridized carbons (Fsp3) is 0.533. The van der Waals surface area contributed by atoms with Crippen LogP contribution in [0.3, 0.4) is 0 Å². The molecule has 0 spiro atoms. The molecule has 9 heteroatoms. The number of rotatable bonds is 2. The first-order valence-corrected chi connectivity index (χ1v) is 7.65.